The number of aromatic nitrogens is 2. The largest absolute Gasteiger partial charge is 0.287 e. The molecular weight excluding hydrogens is 174 g/mol. The second kappa shape index (κ2) is 3.24. The Hall–Kier alpha value is -2.26. The molecule has 2 aromatic rings. The normalized spacial score (nSPS) is 9.57. The Morgan fingerprint density at radius 1 is 1.50 bits per heavy atom. The molecule has 0 aliphatic heterocycles. The van der Waals surface area contributed by atoms with E-state index in [-0.39, 0.29) is 0 Å². The van der Waals surface area contributed by atoms with Crippen LogP contribution in [-0.4, -0.2) is 9.38 Å². The molecule has 0 spiro atoms. The molecule has 3 nitrogen and oxygen atoms in total. The molecule has 0 aliphatic carbocycles. The summed E-state index contributed by atoms with van der Waals surface area (Å²) in [6.07, 6.45) is 7.42. The number of nitriles is 1. The summed E-state index contributed by atoms with van der Waals surface area (Å²) in [7, 11) is 0. The third-order valence-electron chi connectivity index (χ3n) is 2.00. The summed E-state index contributed by atoms with van der Waals surface area (Å²) in [6, 6.07) is 7.51. The van der Waals surface area contributed by atoms with Crippen LogP contribution in [0.5, 0.6) is 0 Å². The summed E-state index contributed by atoms with van der Waals surface area (Å²) in [5.41, 5.74) is 2.19. The van der Waals surface area contributed by atoms with Gasteiger partial charge in [0, 0.05) is 0 Å². The van der Waals surface area contributed by atoms with Gasteiger partial charge in [-0.2, -0.15) is 5.26 Å². The molecule has 0 saturated carbocycles. The zero-order valence-electron chi connectivity index (χ0n) is 7.44. The van der Waals surface area contributed by atoms with Crippen molar-refractivity contribution in [1.82, 2.24) is 9.38 Å². The van der Waals surface area contributed by atoms with Gasteiger partial charge in [0.05, 0.1) is 18.3 Å². The lowest BCUT2D eigenvalue weighted by Gasteiger charge is -1.99. The van der Waals surface area contributed by atoms with Crippen molar-refractivity contribution in [3.63, 3.8) is 0 Å². The fourth-order valence-corrected chi connectivity index (χ4v) is 1.42. The van der Waals surface area contributed by atoms with Gasteiger partial charge in [-0.3, -0.25) is 4.40 Å². The van der Waals surface area contributed by atoms with Gasteiger partial charge in [0.15, 0.2) is 0 Å². The number of pyridine rings is 1. The fraction of sp³-hybridized carbons (Fsp3) is 0.0909. The van der Waals surface area contributed by atoms with E-state index in [0.29, 0.717) is 12.1 Å². The average Bonchev–Trinajstić information content (AvgIpc) is 2.62. The summed E-state index contributed by atoms with van der Waals surface area (Å²) in [6.45, 7) is 0. The number of hydrogen-bond donors (Lipinski definition) is 0. The lowest BCUT2D eigenvalue weighted by molar-refractivity contribution is 1.04. The van der Waals surface area contributed by atoms with E-state index in [1.54, 1.807) is 22.7 Å². The molecule has 14 heavy (non-hydrogen) atoms. The third-order valence-corrected chi connectivity index (χ3v) is 2.00. The molecule has 3 heteroatoms. The lowest BCUT2D eigenvalue weighted by Crippen LogP contribution is -1.96. The van der Waals surface area contributed by atoms with Crippen LogP contribution >= 0.6 is 0 Å². The first kappa shape index (κ1) is 8.34. The quantitative estimate of drug-likeness (QED) is 0.623. The van der Waals surface area contributed by atoms with Crippen LogP contribution in [0.4, 0.5) is 0 Å². The van der Waals surface area contributed by atoms with Crippen molar-refractivity contribution in [2.75, 3.05) is 0 Å². The molecule has 2 rings (SSSR count). The molecule has 0 saturated heterocycles. The van der Waals surface area contributed by atoms with Crippen LogP contribution < -0.4 is 0 Å². The molecule has 0 N–H and O–H groups in total. The predicted octanol–water partition coefficient (Wildman–Crippen LogP) is 1.38. The van der Waals surface area contributed by atoms with E-state index >= 15 is 0 Å². The van der Waals surface area contributed by atoms with E-state index in [1.807, 2.05) is 6.07 Å². The third kappa shape index (κ3) is 1.12. The highest BCUT2D eigenvalue weighted by Gasteiger charge is 2.05. The standard InChI is InChI=1S/C11H7N3/c1-2-4-10-8-13-11-6-3-5-9(7-12)14(10)11/h1,3,5-6,8H,4H2. The van der Waals surface area contributed by atoms with Crippen LogP contribution in [0.1, 0.15) is 11.4 Å². The maximum absolute atomic E-state index is 8.90. The smallest absolute Gasteiger partial charge is 0.137 e. The second-order valence-corrected chi connectivity index (χ2v) is 2.85. The zero-order chi connectivity index (χ0) is 9.97. The SMILES string of the molecule is C#CCc1cnc2cccc(C#N)n12. The topological polar surface area (TPSA) is 41.1 Å². The second-order valence-electron chi connectivity index (χ2n) is 2.85. The first-order valence-electron chi connectivity index (χ1n) is 4.15. The Labute approximate surface area is 81.6 Å². The van der Waals surface area contributed by atoms with Crippen LogP contribution in [0.3, 0.4) is 0 Å². The van der Waals surface area contributed by atoms with Crippen molar-refractivity contribution in [1.29, 1.82) is 5.26 Å². The molecule has 0 unspecified atom stereocenters. The van der Waals surface area contributed by atoms with Gasteiger partial charge in [-0.05, 0) is 12.1 Å². The van der Waals surface area contributed by atoms with E-state index in [1.165, 1.54) is 0 Å². The van der Waals surface area contributed by atoms with Crippen LogP contribution in [0.15, 0.2) is 24.4 Å². The molecule has 0 fully saturated rings. The van der Waals surface area contributed by atoms with Crippen LogP contribution in [0.2, 0.25) is 0 Å². The summed E-state index contributed by atoms with van der Waals surface area (Å²) < 4.78 is 1.78. The number of terminal acetylenes is 1. The highest BCUT2D eigenvalue weighted by atomic mass is 15.0. The van der Waals surface area contributed by atoms with E-state index in [2.05, 4.69) is 17.0 Å². The summed E-state index contributed by atoms with van der Waals surface area (Å²) >= 11 is 0. The molecule has 0 radical (unpaired) electrons. The van der Waals surface area contributed by atoms with Gasteiger partial charge in [0.2, 0.25) is 0 Å². The molecule has 2 aromatic heterocycles. The molecular formula is C11H7N3. The van der Waals surface area contributed by atoms with Gasteiger partial charge in [0.25, 0.3) is 0 Å². The van der Waals surface area contributed by atoms with Crippen LogP contribution in [-0.2, 0) is 6.42 Å². The van der Waals surface area contributed by atoms with Gasteiger partial charge in [-0.15, -0.1) is 12.3 Å². The van der Waals surface area contributed by atoms with E-state index in [0.717, 1.165) is 11.3 Å². The highest BCUT2D eigenvalue weighted by Crippen LogP contribution is 2.10. The fourth-order valence-electron chi connectivity index (χ4n) is 1.42. The van der Waals surface area contributed by atoms with Gasteiger partial charge in [-0.25, -0.2) is 4.98 Å². The molecule has 0 aromatic carbocycles. The number of hydrogen-bond acceptors (Lipinski definition) is 2. The number of imidazole rings is 1. The molecule has 0 bridgehead atoms. The maximum Gasteiger partial charge on any atom is 0.137 e. The van der Waals surface area contributed by atoms with Crippen molar-refractivity contribution < 1.29 is 0 Å². The van der Waals surface area contributed by atoms with Crippen LogP contribution in [0, 0.1) is 23.7 Å². The predicted molar refractivity (Wildman–Crippen MR) is 52.4 cm³/mol. The van der Waals surface area contributed by atoms with E-state index in [9.17, 15) is 0 Å². The summed E-state index contributed by atoms with van der Waals surface area (Å²) in [5.74, 6) is 2.54. The van der Waals surface area contributed by atoms with Crippen molar-refractivity contribution in [3.05, 3.63) is 35.8 Å². The van der Waals surface area contributed by atoms with Gasteiger partial charge in [0.1, 0.15) is 17.4 Å². The summed E-state index contributed by atoms with van der Waals surface area (Å²) in [4.78, 5) is 4.16. The Balaban J connectivity index is 2.77. The van der Waals surface area contributed by atoms with Crippen molar-refractivity contribution in [2.24, 2.45) is 0 Å². The highest BCUT2D eigenvalue weighted by molar-refractivity contribution is 5.45. The van der Waals surface area contributed by atoms with E-state index in [4.69, 9.17) is 11.7 Å². The summed E-state index contributed by atoms with van der Waals surface area (Å²) in [5, 5.41) is 8.90. The minimum Gasteiger partial charge on any atom is -0.287 e. The average molecular weight is 181 g/mol. The Bertz CT molecular complexity index is 552. The molecule has 0 aliphatic rings. The first-order valence-corrected chi connectivity index (χ1v) is 4.15. The maximum atomic E-state index is 8.90. The van der Waals surface area contributed by atoms with Gasteiger partial charge < -0.3 is 0 Å². The minimum absolute atomic E-state index is 0.486. The number of fused-ring (bicyclic) bond motifs is 1. The molecule has 2 heterocycles. The van der Waals surface area contributed by atoms with Crippen molar-refractivity contribution in [3.8, 4) is 18.4 Å². The van der Waals surface area contributed by atoms with Gasteiger partial charge in [-0.1, -0.05) is 6.07 Å². The molecule has 0 atom stereocenters. The van der Waals surface area contributed by atoms with Crippen molar-refractivity contribution >= 4 is 5.65 Å². The molecule has 66 valence electrons. The molecule has 0 amide bonds. The zero-order valence-corrected chi connectivity index (χ0v) is 7.44. The van der Waals surface area contributed by atoms with Crippen molar-refractivity contribution in [2.45, 2.75) is 6.42 Å². The van der Waals surface area contributed by atoms with Gasteiger partial charge >= 0.3 is 0 Å². The number of nitrogens with zero attached hydrogens (tertiary/aromatic N) is 3. The monoisotopic (exact) mass is 181 g/mol. The van der Waals surface area contributed by atoms with Crippen LogP contribution in [0.25, 0.3) is 5.65 Å². The number of rotatable bonds is 1. The Kier molecular flexibility index (Phi) is 1.93. The Morgan fingerprint density at radius 2 is 2.36 bits per heavy atom. The minimum atomic E-state index is 0.486. The first-order chi connectivity index (χ1) is 6.86. The Morgan fingerprint density at radius 3 is 3.07 bits per heavy atom. The lowest BCUT2D eigenvalue weighted by atomic mass is 10.3. The van der Waals surface area contributed by atoms with E-state index < -0.39 is 0 Å².